The number of nitrogens with one attached hydrogen (secondary N) is 4. The van der Waals surface area contributed by atoms with E-state index in [4.69, 9.17) is 32.7 Å². The van der Waals surface area contributed by atoms with Crippen LogP contribution >= 0.6 is 23.2 Å². The number of rotatable bonds is 8. The van der Waals surface area contributed by atoms with Gasteiger partial charge in [-0.1, -0.05) is 23.2 Å². The van der Waals surface area contributed by atoms with E-state index in [0.29, 0.717) is 11.8 Å². The van der Waals surface area contributed by atoms with Crippen LogP contribution in [0.2, 0.25) is 10.3 Å². The first kappa shape index (κ1) is 30.1. The van der Waals surface area contributed by atoms with Gasteiger partial charge in [0.05, 0.1) is 36.6 Å². The highest BCUT2D eigenvalue weighted by molar-refractivity contribution is 6.37. The molecule has 0 aliphatic carbocycles. The monoisotopic (exact) mass is 634 g/mol. The van der Waals surface area contributed by atoms with Gasteiger partial charge in [0.25, 0.3) is 0 Å². The lowest BCUT2D eigenvalue weighted by molar-refractivity contribution is 0.0516. The van der Waals surface area contributed by atoms with Crippen LogP contribution in [0.1, 0.15) is 34.6 Å². The standard InChI is InChI=1S/C21H18N8O2.C7H6Cl2N2O2/c1-2-31-20(30)16-11-22-21(26-15-6-4-13-10-24-29-18(13)8-15)27-19(16)25-14-5-3-12-9-23-28-17(12)7-14;1-2-13-7(12)4-5(8)10-3-11-6(4)9/h3-11H,2H2,1H3,(H,23,28)(H,24,29)(H2,22,25,26,27);3H,2H2,1H3. The van der Waals surface area contributed by atoms with Gasteiger partial charge in [-0.15, -0.1) is 0 Å². The lowest BCUT2D eigenvalue weighted by Crippen LogP contribution is -2.11. The quantitative estimate of drug-likeness (QED) is 0.116. The van der Waals surface area contributed by atoms with E-state index >= 15 is 0 Å². The number of benzene rings is 2. The van der Waals surface area contributed by atoms with Crippen molar-refractivity contribution < 1.29 is 19.1 Å². The summed E-state index contributed by atoms with van der Waals surface area (Å²) in [5.74, 6) is -0.453. The number of aromatic amines is 2. The molecular weight excluding hydrogens is 611 g/mol. The number of anilines is 4. The first-order chi connectivity index (χ1) is 21.4. The van der Waals surface area contributed by atoms with Crippen LogP contribution in [0.5, 0.6) is 0 Å². The van der Waals surface area contributed by atoms with E-state index in [1.807, 2.05) is 36.4 Å². The lowest BCUT2D eigenvalue weighted by atomic mass is 10.2. The molecule has 0 bridgehead atoms. The van der Waals surface area contributed by atoms with Gasteiger partial charge in [-0.2, -0.15) is 15.2 Å². The molecule has 4 heterocycles. The van der Waals surface area contributed by atoms with Crippen molar-refractivity contribution in [1.82, 2.24) is 40.3 Å². The van der Waals surface area contributed by atoms with Crippen LogP contribution in [0.25, 0.3) is 21.8 Å². The van der Waals surface area contributed by atoms with E-state index < -0.39 is 11.9 Å². The first-order valence-corrected chi connectivity index (χ1v) is 13.9. The molecule has 4 aromatic heterocycles. The Morgan fingerprint density at radius 2 is 1.34 bits per heavy atom. The summed E-state index contributed by atoms with van der Waals surface area (Å²) in [7, 11) is 0. The largest absolute Gasteiger partial charge is 0.462 e. The normalized spacial score (nSPS) is 10.6. The molecule has 2 aromatic carbocycles. The number of hydrogen-bond donors (Lipinski definition) is 4. The minimum Gasteiger partial charge on any atom is -0.462 e. The summed E-state index contributed by atoms with van der Waals surface area (Å²) in [6.07, 6.45) is 6.11. The second-order valence-corrected chi connectivity index (χ2v) is 9.54. The first-order valence-electron chi connectivity index (χ1n) is 13.1. The second-order valence-electron chi connectivity index (χ2n) is 8.82. The number of aromatic nitrogens is 8. The zero-order valence-electron chi connectivity index (χ0n) is 23.3. The molecule has 16 heteroatoms. The molecule has 0 radical (unpaired) electrons. The van der Waals surface area contributed by atoms with E-state index in [0.717, 1.165) is 33.2 Å². The zero-order chi connectivity index (χ0) is 31.1. The molecule has 0 atom stereocenters. The van der Waals surface area contributed by atoms with Crippen molar-refractivity contribution in [3.63, 3.8) is 0 Å². The number of esters is 2. The van der Waals surface area contributed by atoms with Crippen molar-refractivity contribution in [2.75, 3.05) is 23.8 Å². The smallest absolute Gasteiger partial charge is 0.344 e. The average Bonchev–Trinajstić information content (AvgIpc) is 3.67. The van der Waals surface area contributed by atoms with Crippen LogP contribution < -0.4 is 10.6 Å². The molecule has 4 N–H and O–H groups in total. The Morgan fingerprint density at radius 1 is 0.773 bits per heavy atom. The molecule has 6 rings (SSSR count). The van der Waals surface area contributed by atoms with Crippen molar-refractivity contribution in [3.8, 4) is 0 Å². The number of hydrogen-bond acceptors (Lipinski definition) is 12. The Hall–Kier alpha value is -5.34. The summed E-state index contributed by atoms with van der Waals surface area (Å²) < 4.78 is 9.86. The molecule has 0 saturated heterocycles. The van der Waals surface area contributed by atoms with Crippen LogP contribution in [0.4, 0.5) is 23.1 Å². The van der Waals surface area contributed by atoms with Crippen LogP contribution in [0.3, 0.4) is 0 Å². The highest BCUT2D eigenvalue weighted by atomic mass is 35.5. The van der Waals surface area contributed by atoms with Crippen LogP contribution in [-0.2, 0) is 9.47 Å². The predicted octanol–water partition coefficient (Wildman–Crippen LogP) is 5.85. The summed E-state index contributed by atoms with van der Waals surface area (Å²) in [4.78, 5) is 39.7. The van der Waals surface area contributed by atoms with Gasteiger partial charge in [0.1, 0.15) is 27.8 Å². The van der Waals surface area contributed by atoms with E-state index in [2.05, 4.69) is 51.0 Å². The molecule has 44 heavy (non-hydrogen) atoms. The summed E-state index contributed by atoms with van der Waals surface area (Å²) in [5, 5.41) is 22.2. The van der Waals surface area contributed by atoms with Gasteiger partial charge < -0.3 is 20.1 Å². The molecule has 224 valence electrons. The number of H-pyrrole nitrogens is 2. The van der Waals surface area contributed by atoms with Crippen LogP contribution in [0, 0.1) is 0 Å². The summed E-state index contributed by atoms with van der Waals surface area (Å²) in [6, 6.07) is 11.4. The van der Waals surface area contributed by atoms with E-state index in [1.165, 1.54) is 12.5 Å². The van der Waals surface area contributed by atoms with Crippen molar-refractivity contribution in [1.29, 1.82) is 0 Å². The second kappa shape index (κ2) is 13.8. The lowest BCUT2D eigenvalue weighted by Gasteiger charge is -2.12. The fourth-order valence-electron chi connectivity index (χ4n) is 3.91. The maximum Gasteiger partial charge on any atom is 0.344 e. The van der Waals surface area contributed by atoms with Gasteiger partial charge in [-0.05, 0) is 50.2 Å². The van der Waals surface area contributed by atoms with Gasteiger partial charge in [0.2, 0.25) is 5.95 Å². The maximum absolute atomic E-state index is 12.4. The Morgan fingerprint density at radius 3 is 1.93 bits per heavy atom. The SMILES string of the molecule is CCOC(=O)c1c(Cl)ncnc1Cl.CCOC(=O)c1cnc(Nc2ccc3cn[nH]c3c2)nc1Nc1ccc2cn[nH]c2c1. The van der Waals surface area contributed by atoms with Gasteiger partial charge in [0.15, 0.2) is 5.82 Å². The van der Waals surface area contributed by atoms with Gasteiger partial charge >= 0.3 is 11.9 Å². The Kier molecular flexibility index (Phi) is 9.42. The number of carbonyl (C=O) groups excluding carboxylic acids is 2. The third-order valence-corrected chi connectivity index (χ3v) is 6.49. The van der Waals surface area contributed by atoms with Crippen LogP contribution in [0.15, 0.2) is 61.3 Å². The summed E-state index contributed by atoms with van der Waals surface area (Å²) in [5.41, 5.74) is 3.52. The minimum atomic E-state index is -0.613. The van der Waals surface area contributed by atoms with Crippen LogP contribution in [-0.4, -0.2) is 65.5 Å². The molecular formula is C28H24Cl2N10O4. The Labute approximate surface area is 259 Å². The molecule has 0 spiro atoms. The van der Waals surface area contributed by atoms with Gasteiger partial charge in [-0.3, -0.25) is 10.2 Å². The average molecular weight is 635 g/mol. The molecule has 0 unspecified atom stereocenters. The van der Waals surface area contributed by atoms with Crippen molar-refractivity contribution >= 4 is 80.1 Å². The predicted molar refractivity (Wildman–Crippen MR) is 165 cm³/mol. The van der Waals surface area contributed by atoms with Gasteiger partial charge in [-0.25, -0.2) is 24.5 Å². The van der Waals surface area contributed by atoms with E-state index in [-0.39, 0.29) is 34.6 Å². The Bertz CT molecular complexity index is 1920. The third-order valence-electron chi connectivity index (χ3n) is 5.92. The van der Waals surface area contributed by atoms with Crippen molar-refractivity contribution in [2.24, 2.45) is 0 Å². The number of ether oxygens (including phenoxy) is 2. The van der Waals surface area contributed by atoms with E-state index in [1.54, 1.807) is 26.2 Å². The number of fused-ring (bicyclic) bond motifs is 2. The van der Waals surface area contributed by atoms with Crippen molar-refractivity contribution in [2.45, 2.75) is 13.8 Å². The van der Waals surface area contributed by atoms with E-state index in [9.17, 15) is 9.59 Å². The Balaban J connectivity index is 0.000000249. The van der Waals surface area contributed by atoms with Crippen molar-refractivity contribution in [3.05, 3.63) is 82.7 Å². The number of halogens is 2. The van der Waals surface area contributed by atoms with Gasteiger partial charge in [0, 0.05) is 28.3 Å². The fraction of sp³-hybridized carbons (Fsp3) is 0.143. The molecule has 0 aliphatic rings. The number of carbonyl (C=O) groups is 2. The number of nitrogens with zero attached hydrogens (tertiary/aromatic N) is 6. The third kappa shape index (κ3) is 6.99. The minimum absolute atomic E-state index is 0.00144. The molecule has 0 aliphatic heterocycles. The molecule has 14 nitrogen and oxygen atoms in total. The molecule has 0 saturated carbocycles. The highest BCUT2D eigenvalue weighted by Gasteiger charge is 2.18. The fourth-order valence-corrected chi connectivity index (χ4v) is 4.38. The highest BCUT2D eigenvalue weighted by Crippen LogP contribution is 2.25. The zero-order valence-corrected chi connectivity index (χ0v) is 24.8. The molecule has 0 fully saturated rings. The molecule has 0 amide bonds. The maximum atomic E-state index is 12.4. The topological polar surface area (TPSA) is 186 Å². The summed E-state index contributed by atoms with van der Waals surface area (Å²) >= 11 is 11.2. The summed E-state index contributed by atoms with van der Waals surface area (Å²) in [6.45, 7) is 3.94. The molecule has 6 aromatic rings.